The Morgan fingerprint density at radius 3 is 2.71 bits per heavy atom. The predicted molar refractivity (Wildman–Crippen MR) is 90.4 cm³/mol. The van der Waals surface area contributed by atoms with Crippen LogP contribution in [0.2, 0.25) is 0 Å². The first kappa shape index (κ1) is 16.9. The molecule has 0 bridgehead atoms. The van der Waals surface area contributed by atoms with Crippen molar-refractivity contribution in [1.82, 2.24) is 4.98 Å². The van der Waals surface area contributed by atoms with E-state index < -0.39 is 12.1 Å². The summed E-state index contributed by atoms with van der Waals surface area (Å²) >= 11 is 1.31. The summed E-state index contributed by atoms with van der Waals surface area (Å²) in [6, 6.07) is 6.66. The Bertz CT molecular complexity index is 725. The summed E-state index contributed by atoms with van der Waals surface area (Å²) in [6.45, 7) is 7.42. The van der Waals surface area contributed by atoms with Crippen LogP contribution >= 0.6 is 11.3 Å². The van der Waals surface area contributed by atoms with Gasteiger partial charge < -0.3 is 15.1 Å². The molecular weight excluding hydrogens is 327 g/mol. The molecule has 4 atom stereocenters. The fourth-order valence-electron chi connectivity index (χ4n) is 3.67. The van der Waals surface area contributed by atoms with E-state index in [1.807, 2.05) is 12.1 Å². The largest absolute Gasteiger partial charge is 0.508 e. The van der Waals surface area contributed by atoms with E-state index in [2.05, 4.69) is 9.83 Å². The smallest absolute Gasteiger partial charge is 0.229 e. The first-order valence-electron chi connectivity index (χ1n) is 8.02. The quantitative estimate of drug-likeness (QED) is 0.811. The Morgan fingerprint density at radius 1 is 1.33 bits per heavy atom. The average molecular weight is 346 g/mol. The van der Waals surface area contributed by atoms with Crippen molar-refractivity contribution >= 4 is 11.3 Å². The fourth-order valence-corrected chi connectivity index (χ4v) is 4.36. The number of aliphatic hydroxyl groups is 1. The molecule has 0 radical (unpaired) electrons. The van der Waals surface area contributed by atoms with E-state index in [4.69, 9.17) is 6.57 Å². The summed E-state index contributed by atoms with van der Waals surface area (Å²) in [6.07, 6.45) is 2.22. The first-order chi connectivity index (χ1) is 11.6. The maximum atomic E-state index is 12.9. The second-order valence-corrected chi connectivity index (χ2v) is 7.18. The van der Waals surface area contributed by atoms with Gasteiger partial charge in [0.05, 0.1) is 11.1 Å². The van der Waals surface area contributed by atoms with Crippen LogP contribution in [0, 0.1) is 18.4 Å². The van der Waals surface area contributed by atoms with Crippen molar-refractivity contribution in [3.8, 4) is 5.75 Å². The average Bonchev–Trinajstić information content (AvgIpc) is 3.12. The number of aromatic hydroxyl groups is 1. The van der Waals surface area contributed by atoms with Gasteiger partial charge in [0.15, 0.2) is 0 Å². The third kappa shape index (κ3) is 3.58. The van der Waals surface area contributed by atoms with Crippen molar-refractivity contribution < 1.29 is 14.6 Å². The van der Waals surface area contributed by atoms with Crippen molar-refractivity contribution in [2.45, 2.75) is 43.7 Å². The number of phenolic OH excluding ortho intramolecular Hbond substituents is 1. The molecule has 6 heteroatoms. The molecular formula is C18H19FN2O2S. The Kier molecular flexibility index (Phi) is 5.12. The van der Waals surface area contributed by atoms with Crippen LogP contribution in [-0.2, 0) is 6.42 Å². The number of aromatic nitrogens is 1. The Morgan fingerprint density at radius 2 is 2.08 bits per heavy atom. The number of aryl methyl sites for hydroxylation is 1. The van der Waals surface area contributed by atoms with Gasteiger partial charge in [0.2, 0.25) is 12.0 Å². The number of phenols is 1. The summed E-state index contributed by atoms with van der Waals surface area (Å²) in [5.41, 5.74) is 0.955. The highest BCUT2D eigenvalue weighted by molar-refractivity contribution is 7.09. The van der Waals surface area contributed by atoms with Crippen LogP contribution in [0.1, 0.15) is 35.8 Å². The third-order valence-corrected chi connectivity index (χ3v) is 5.63. The summed E-state index contributed by atoms with van der Waals surface area (Å²) < 4.78 is 12.9. The van der Waals surface area contributed by atoms with Crippen molar-refractivity contribution in [2.24, 2.45) is 5.92 Å². The molecule has 3 rings (SSSR count). The molecule has 2 N–H and O–H groups in total. The molecule has 0 aliphatic heterocycles. The van der Waals surface area contributed by atoms with Gasteiger partial charge in [0, 0.05) is 23.6 Å². The minimum atomic E-state index is -0.545. The highest BCUT2D eigenvalue weighted by atomic mass is 32.1. The zero-order valence-corrected chi connectivity index (χ0v) is 13.9. The standard InChI is InChI=1S/C18H19FN2O2S/c1-20-14-9-15(23)18(11-5-7-12(22)8-6-11)13(14)3-2-4-17-21-16(19)10-24-17/h5-8,10,13-15,18,22-23H,2-4,9H2/t13?,14-,15-,18?/m1/s1. The molecule has 24 heavy (non-hydrogen) atoms. The van der Waals surface area contributed by atoms with E-state index in [1.54, 1.807) is 12.1 Å². The van der Waals surface area contributed by atoms with Crippen LogP contribution in [0.4, 0.5) is 4.39 Å². The fraction of sp³-hybridized carbons (Fsp3) is 0.444. The summed E-state index contributed by atoms with van der Waals surface area (Å²) in [5, 5.41) is 22.1. The molecule has 1 aromatic heterocycles. The second kappa shape index (κ2) is 7.29. The molecule has 1 heterocycles. The zero-order valence-electron chi connectivity index (χ0n) is 13.1. The van der Waals surface area contributed by atoms with Gasteiger partial charge in [-0.25, -0.2) is 11.6 Å². The van der Waals surface area contributed by atoms with Crippen LogP contribution < -0.4 is 0 Å². The van der Waals surface area contributed by atoms with Gasteiger partial charge in [-0.15, -0.1) is 11.3 Å². The minimum Gasteiger partial charge on any atom is -0.508 e. The maximum absolute atomic E-state index is 12.9. The van der Waals surface area contributed by atoms with E-state index in [1.165, 1.54) is 16.7 Å². The molecule has 0 spiro atoms. The molecule has 1 aromatic carbocycles. The number of nitrogens with zero attached hydrogens (tertiary/aromatic N) is 2. The zero-order chi connectivity index (χ0) is 17.1. The number of halogens is 1. The predicted octanol–water partition coefficient (Wildman–Crippen LogP) is 3.76. The lowest BCUT2D eigenvalue weighted by Gasteiger charge is -2.22. The first-order valence-corrected chi connectivity index (χ1v) is 8.90. The minimum absolute atomic E-state index is 0.0619. The highest BCUT2D eigenvalue weighted by Crippen LogP contribution is 2.44. The van der Waals surface area contributed by atoms with Crippen LogP contribution in [0.25, 0.3) is 4.85 Å². The molecule has 126 valence electrons. The summed E-state index contributed by atoms with van der Waals surface area (Å²) in [4.78, 5) is 7.54. The lowest BCUT2D eigenvalue weighted by molar-refractivity contribution is 0.153. The van der Waals surface area contributed by atoms with Crippen LogP contribution in [0.5, 0.6) is 5.75 Å². The van der Waals surface area contributed by atoms with Crippen molar-refractivity contribution in [1.29, 1.82) is 0 Å². The molecule has 1 saturated carbocycles. The van der Waals surface area contributed by atoms with Gasteiger partial charge >= 0.3 is 0 Å². The van der Waals surface area contributed by atoms with E-state index in [0.29, 0.717) is 12.8 Å². The lowest BCUT2D eigenvalue weighted by Crippen LogP contribution is -2.19. The molecule has 0 amide bonds. The maximum Gasteiger partial charge on any atom is 0.229 e. The van der Waals surface area contributed by atoms with Gasteiger partial charge in [-0.1, -0.05) is 12.1 Å². The Balaban J connectivity index is 1.71. The number of thiazole rings is 1. The van der Waals surface area contributed by atoms with Crippen LogP contribution in [-0.4, -0.2) is 27.3 Å². The van der Waals surface area contributed by atoms with Gasteiger partial charge in [-0.05, 0) is 37.0 Å². The molecule has 0 saturated heterocycles. The highest BCUT2D eigenvalue weighted by Gasteiger charge is 2.46. The summed E-state index contributed by atoms with van der Waals surface area (Å²) in [7, 11) is 0. The molecule has 2 aromatic rings. The second-order valence-electron chi connectivity index (χ2n) is 6.24. The Hall–Kier alpha value is -1.97. The van der Waals surface area contributed by atoms with E-state index in [9.17, 15) is 14.6 Å². The topological polar surface area (TPSA) is 57.7 Å². The number of rotatable bonds is 5. The third-order valence-electron chi connectivity index (χ3n) is 4.75. The van der Waals surface area contributed by atoms with Crippen LogP contribution in [0.15, 0.2) is 29.6 Å². The van der Waals surface area contributed by atoms with Gasteiger partial charge in [-0.2, -0.15) is 4.39 Å². The molecule has 1 aliphatic carbocycles. The van der Waals surface area contributed by atoms with E-state index in [-0.39, 0.29) is 23.6 Å². The number of hydrogen-bond acceptors (Lipinski definition) is 4. The van der Waals surface area contributed by atoms with Gasteiger partial charge in [0.1, 0.15) is 5.75 Å². The van der Waals surface area contributed by atoms with Gasteiger partial charge in [0.25, 0.3) is 0 Å². The van der Waals surface area contributed by atoms with Gasteiger partial charge in [-0.3, -0.25) is 0 Å². The molecule has 2 unspecified atom stereocenters. The molecule has 1 fully saturated rings. The molecule has 4 nitrogen and oxygen atoms in total. The van der Waals surface area contributed by atoms with Crippen LogP contribution in [0.3, 0.4) is 0 Å². The Labute approximate surface area is 144 Å². The van der Waals surface area contributed by atoms with Crippen molar-refractivity contribution in [3.63, 3.8) is 0 Å². The summed E-state index contributed by atoms with van der Waals surface area (Å²) in [5.74, 6) is -0.285. The van der Waals surface area contributed by atoms with E-state index >= 15 is 0 Å². The number of aliphatic hydroxyl groups excluding tert-OH is 1. The van der Waals surface area contributed by atoms with Crippen molar-refractivity contribution in [2.75, 3.05) is 0 Å². The van der Waals surface area contributed by atoms with Crippen molar-refractivity contribution in [3.05, 3.63) is 57.6 Å². The monoisotopic (exact) mass is 346 g/mol. The molecule has 1 aliphatic rings. The SMILES string of the molecule is [C-]#[N+][C@@H]1C[C@@H](O)C(c2ccc(O)cc2)C1CCCc1nc(F)cs1. The lowest BCUT2D eigenvalue weighted by atomic mass is 9.83. The number of hydrogen-bond donors (Lipinski definition) is 2. The normalized spacial score (nSPS) is 26.4. The number of benzene rings is 1. The van der Waals surface area contributed by atoms with E-state index in [0.717, 1.165) is 23.4 Å².